The molecule has 1 aliphatic rings. The molecule has 94 valence electrons. The SMILES string of the molecule is CCCCCNC(=O)CCN1CCCCC1. The highest BCUT2D eigenvalue weighted by atomic mass is 16.1. The van der Waals surface area contributed by atoms with Crippen LogP contribution in [0.15, 0.2) is 0 Å². The van der Waals surface area contributed by atoms with Gasteiger partial charge >= 0.3 is 0 Å². The summed E-state index contributed by atoms with van der Waals surface area (Å²) in [6.07, 6.45) is 8.18. The largest absolute Gasteiger partial charge is 0.356 e. The molecule has 1 N–H and O–H groups in total. The van der Waals surface area contributed by atoms with E-state index >= 15 is 0 Å². The second-order valence-corrected chi connectivity index (χ2v) is 4.71. The fraction of sp³-hybridized carbons (Fsp3) is 0.923. The van der Waals surface area contributed by atoms with Crippen molar-refractivity contribution in [1.82, 2.24) is 10.2 Å². The quantitative estimate of drug-likeness (QED) is 0.675. The maximum Gasteiger partial charge on any atom is 0.221 e. The molecule has 0 saturated carbocycles. The number of hydrogen-bond acceptors (Lipinski definition) is 2. The Balaban J connectivity index is 1.96. The Kier molecular flexibility index (Phi) is 7.23. The summed E-state index contributed by atoms with van der Waals surface area (Å²) in [6.45, 7) is 6.34. The molecule has 0 unspecified atom stereocenters. The van der Waals surface area contributed by atoms with Crippen molar-refractivity contribution in [2.24, 2.45) is 0 Å². The minimum atomic E-state index is 0.224. The third kappa shape index (κ3) is 6.11. The molecule has 0 aromatic carbocycles. The van der Waals surface area contributed by atoms with Crippen molar-refractivity contribution in [2.75, 3.05) is 26.2 Å². The summed E-state index contributed by atoms with van der Waals surface area (Å²) in [4.78, 5) is 13.9. The van der Waals surface area contributed by atoms with Gasteiger partial charge in [0.2, 0.25) is 5.91 Å². The van der Waals surface area contributed by atoms with Gasteiger partial charge in [-0.25, -0.2) is 0 Å². The lowest BCUT2D eigenvalue weighted by Gasteiger charge is -2.25. The summed E-state index contributed by atoms with van der Waals surface area (Å²) >= 11 is 0. The van der Waals surface area contributed by atoms with Crippen molar-refractivity contribution in [2.45, 2.75) is 51.9 Å². The molecule has 1 heterocycles. The molecule has 1 aliphatic heterocycles. The molecular formula is C13H26N2O. The molecule has 0 bridgehead atoms. The van der Waals surface area contributed by atoms with E-state index in [1.54, 1.807) is 0 Å². The molecule has 1 rings (SSSR count). The number of nitrogens with zero attached hydrogens (tertiary/aromatic N) is 1. The number of rotatable bonds is 7. The van der Waals surface area contributed by atoms with Crippen molar-refractivity contribution in [3.05, 3.63) is 0 Å². The standard InChI is InChI=1S/C13H26N2O/c1-2-3-5-9-14-13(16)8-12-15-10-6-4-7-11-15/h2-12H2,1H3,(H,14,16). The third-order valence-corrected chi connectivity index (χ3v) is 3.21. The first-order valence-electron chi connectivity index (χ1n) is 6.82. The van der Waals surface area contributed by atoms with Crippen LogP contribution in [0, 0.1) is 0 Å². The maximum absolute atomic E-state index is 11.5. The van der Waals surface area contributed by atoms with Gasteiger partial charge in [0.1, 0.15) is 0 Å². The van der Waals surface area contributed by atoms with E-state index in [1.165, 1.54) is 45.2 Å². The Hall–Kier alpha value is -0.570. The molecule has 0 aliphatic carbocycles. The molecule has 1 saturated heterocycles. The normalized spacial score (nSPS) is 17.3. The molecular weight excluding hydrogens is 200 g/mol. The molecule has 1 fully saturated rings. The summed E-state index contributed by atoms with van der Waals surface area (Å²) in [7, 11) is 0. The fourth-order valence-electron chi connectivity index (χ4n) is 2.13. The van der Waals surface area contributed by atoms with Crippen LogP contribution in [0.1, 0.15) is 51.9 Å². The predicted molar refractivity (Wildman–Crippen MR) is 67.4 cm³/mol. The highest BCUT2D eigenvalue weighted by Crippen LogP contribution is 2.08. The molecule has 0 atom stereocenters. The van der Waals surface area contributed by atoms with Gasteiger partial charge in [-0.2, -0.15) is 0 Å². The van der Waals surface area contributed by atoms with Crippen LogP contribution in [0.2, 0.25) is 0 Å². The second kappa shape index (κ2) is 8.57. The van der Waals surface area contributed by atoms with Gasteiger partial charge in [-0.05, 0) is 32.4 Å². The Morgan fingerprint density at radius 2 is 1.94 bits per heavy atom. The molecule has 0 aromatic heterocycles. The number of likely N-dealkylation sites (tertiary alicyclic amines) is 1. The molecule has 1 amide bonds. The number of amides is 1. The van der Waals surface area contributed by atoms with Crippen LogP contribution < -0.4 is 5.32 Å². The van der Waals surface area contributed by atoms with Crippen molar-refractivity contribution >= 4 is 5.91 Å². The topological polar surface area (TPSA) is 32.3 Å². The van der Waals surface area contributed by atoms with Gasteiger partial charge in [0, 0.05) is 19.5 Å². The van der Waals surface area contributed by atoms with Gasteiger partial charge < -0.3 is 10.2 Å². The lowest BCUT2D eigenvalue weighted by atomic mass is 10.1. The van der Waals surface area contributed by atoms with Crippen LogP contribution in [-0.4, -0.2) is 37.0 Å². The van der Waals surface area contributed by atoms with Gasteiger partial charge in [-0.1, -0.05) is 26.2 Å². The van der Waals surface area contributed by atoms with Crippen molar-refractivity contribution in [3.8, 4) is 0 Å². The van der Waals surface area contributed by atoms with Gasteiger partial charge in [-0.3, -0.25) is 4.79 Å². The van der Waals surface area contributed by atoms with E-state index in [4.69, 9.17) is 0 Å². The van der Waals surface area contributed by atoms with Crippen LogP contribution in [0.3, 0.4) is 0 Å². The van der Waals surface area contributed by atoms with Crippen molar-refractivity contribution < 1.29 is 4.79 Å². The molecule has 16 heavy (non-hydrogen) atoms. The first kappa shape index (κ1) is 13.5. The minimum Gasteiger partial charge on any atom is -0.356 e. The van der Waals surface area contributed by atoms with Crippen LogP contribution >= 0.6 is 0 Å². The van der Waals surface area contributed by atoms with E-state index in [-0.39, 0.29) is 5.91 Å². The predicted octanol–water partition coefficient (Wildman–Crippen LogP) is 2.17. The Morgan fingerprint density at radius 1 is 1.19 bits per heavy atom. The van der Waals surface area contributed by atoms with E-state index in [0.717, 1.165) is 19.5 Å². The second-order valence-electron chi connectivity index (χ2n) is 4.71. The van der Waals surface area contributed by atoms with Crippen molar-refractivity contribution in [3.63, 3.8) is 0 Å². The van der Waals surface area contributed by atoms with Gasteiger partial charge in [0.05, 0.1) is 0 Å². The zero-order valence-electron chi connectivity index (χ0n) is 10.6. The Labute approximate surface area is 99.6 Å². The maximum atomic E-state index is 11.5. The number of hydrogen-bond donors (Lipinski definition) is 1. The molecule has 3 nitrogen and oxygen atoms in total. The monoisotopic (exact) mass is 226 g/mol. The first-order valence-corrected chi connectivity index (χ1v) is 6.82. The van der Waals surface area contributed by atoms with Crippen LogP contribution in [-0.2, 0) is 4.79 Å². The third-order valence-electron chi connectivity index (χ3n) is 3.21. The number of carbonyl (C=O) groups is 1. The molecule has 0 spiro atoms. The highest BCUT2D eigenvalue weighted by molar-refractivity contribution is 5.75. The molecule has 0 radical (unpaired) electrons. The smallest absolute Gasteiger partial charge is 0.221 e. The lowest BCUT2D eigenvalue weighted by Crippen LogP contribution is -2.34. The lowest BCUT2D eigenvalue weighted by molar-refractivity contribution is -0.121. The molecule has 0 aromatic rings. The van der Waals surface area contributed by atoms with E-state index in [2.05, 4.69) is 17.1 Å². The van der Waals surface area contributed by atoms with E-state index in [9.17, 15) is 4.79 Å². The molecule has 3 heteroatoms. The summed E-state index contributed by atoms with van der Waals surface area (Å²) in [5.41, 5.74) is 0. The minimum absolute atomic E-state index is 0.224. The fourth-order valence-corrected chi connectivity index (χ4v) is 2.13. The number of carbonyl (C=O) groups excluding carboxylic acids is 1. The first-order chi connectivity index (χ1) is 7.83. The number of unbranched alkanes of at least 4 members (excludes halogenated alkanes) is 2. The van der Waals surface area contributed by atoms with Gasteiger partial charge in [0.15, 0.2) is 0 Å². The van der Waals surface area contributed by atoms with Crippen LogP contribution in [0.25, 0.3) is 0 Å². The number of nitrogens with one attached hydrogen (secondary N) is 1. The Morgan fingerprint density at radius 3 is 2.62 bits per heavy atom. The summed E-state index contributed by atoms with van der Waals surface area (Å²) in [5, 5.41) is 2.99. The van der Waals surface area contributed by atoms with Crippen LogP contribution in [0.5, 0.6) is 0 Å². The van der Waals surface area contributed by atoms with E-state index in [1.807, 2.05) is 0 Å². The summed E-state index contributed by atoms with van der Waals surface area (Å²) in [5.74, 6) is 0.224. The highest BCUT2D eigenvalue weighted by Gasteiger charge is 2.11. The average molecular weight is 226 g/mol. The Bertz CT molecular complexity index is 188. The summed E-state index contributed by atoms with van der Waals surface area (Å²) in [6, 6.07) is 0. The van der Waals surface area contributed by atoms with E-state index in [0.29, 0.717) is 6.42 Å². The van der Waals surface area contributed by atoms with Crippen LogP contribution in [0.4, 0.5) is 0 Å². The average Bonchev–Trinajstić information content (AvgIpc) is 2.33. The number of piperidine rings is 1. The van der Waals surface area contributed by atoms with Gasteiger partial charge in [-0.15, -0.1) is 0 Å². The van der Waals surface area contributed by atoms with E-state index < -0.39 is 0 Å². The van der Waals surface area contributed by atoms with Crippen molar-refractivity contribution in [1.29, 1.82) is 0 Å². The summed E-state index contributed by atoms with van der Waals surface area (Å²) < 4.78 is 0. The zero-order chi connectivity index (χ0) is 11.6. The zero-order valence-corrected chi connectivity index (χ0v) is 10.6. The van der Waals surface area contributed by atoms with Gasteiger partial charge in [0.25, 0.3) is 0 Å².